The second kappa shape index (κ2) is 7.29. The Labute approximate surface area is 98.8 Å². The molecule has 0 aromatic heterocycles. The Morgan fingerprint density at radius 2 is 2.19 bits per heavy atom. The molecule has 1 aromatic rings. The molecule has 0 saturated heterocycles. The van der Waals surface area contributed by atoms with E-state index >= 15 is 0 Å². The van der Waals surface area contributed by atoms with Crippen molar-refractivity contribution in [1.29, 1.82) is 0 Å². The highest BCUT2D eigenvalue weighted by atomic mass is 16.5. The van der Waals surface area contributed by atoms with E-state index in [9.17, 15) is 0 Å². The minimum atomic E-state index is 0.628. The molecule has 1 atom stereocenters. The molecule has 0 spiro atoms. The Morgan fingerprint density at radius 3 is 2.88 bits per heavy atom. The molecule has 90 valence electrons. The minimum Gasteiger partial charge on any atom is -0.493 e. The smallest absolute Gasteiger partial charge is 0.119 e. The Morgan fingerprint density at radius 1 is 1.38 bits per heavy atom. The van der Waals surface area contributed by atoms with Crippen molar-refractivity contribution in [3.05, 3.63) is 29.8 Å². The minimum absolute atomic E-state index is 0.628. The normalized spacial score (nSPS) is 12.4. The van der Waals surface area contributed by atoms with Gasteiger partial charge in [-0.05, 0) is 43.0 Å². The summed E-state index contributed by atoms with van der Waals surface area (Å²) in [4.78, 5) is 0. The van der Waals surface area contributed by atoms with Crippen molar-refractivity contribution in [2.24, 2.45) is 11.7 Å². The van der Waals surface area contributed by atoms with Crippen LogP contribution in [0, 0.1) is 5.92 Å². The summed E-state index contributed by atoms with van der Waals surface area (Å²) in [5, 5.41) is 0. The van der Waals surface area contributed by atoms with Gasteiger partial charge in [-0.15, -0.1) is 0 Å². The lowest BCUT2D eigenvalue weighted by molar-refractivity contribution is 0.251. The predicted octanol–water partition coefficient (Wildman–Crippen LogP) is 3.00. The average Bonchev–Trinajstić information content (AvgIpc) is 2.28. The van der Waals surface area contributed by atoms with Gasteiger partial charge in [0.2, 0.25) is 0 Å². The van der Waals surface area contributed by atoms with Gasteiger partial charge in [0, 0.05) is 0 Å². The van der Waals surface area contributed by atoms with Crippen molar-refractivity contribution in [3.8, 4) is 5.75 Å². The summed E-state index contributed by atoms with van der Waals surface area (Å²) >= 11 is 0. The zero-order valence-electron chi connectivity index (χ0n) is 10.4. The second-order valence-corrected chi connectivity index (χ2v) is 4.39. The first-order valence-electron chi connectivity index (χ1n) is 6.18. The zero-order chi connectivity index (χ0) is 11.8. The van der Waals surface area contributed by atoms with Gasteiger partial charge in [0.15, 0.2) is 0 Å². The maximum absolute atomic E-state index is 5.77. The van der Waals surface area contributed by atoms with Crippen LogP contribution in [0.15, 0.2) is 24.3 Å². The summed E-state index contributed by atoms with van der Waals surface area (Å²) in [6.45, 7) is 5.93. The first-order chi connectivity index (χ1) is 7.76. The SMILES string of the molecule is CCCC(C)COc1cccc(CCN)c1. The van der Waals surface area contributed by atoms with Crippen LogP contribution in [0.4, 0.5) is 0 Å². The largest absolute Gasteiger partial charge is 0.493 e. The second-order valence-electron chi connectivity index (χ2n) is 4.39. The van der Waals surface area contributed by atoms with Gasteiger partial charge in [-0.2, -0.15) is 0 Å². The van der Waals surface area contributed by atoms with E-state index in [-0.39, 0.29) is 0 Å². The zero-order valence-corrected chi connectivity index (χ0v) is 10.4. The van der Waals surface area contributed by atoms with Gasteiger partial charge in [-0.1, -0.05) is 32.4 Å². The van der Waals surface area contributed by atoms with Crippen LogP contribution in [0.25, 0.3) is 0 Å². The van der Waals surface area contributed by atoms with Crippen LogP contribution in [0.2, 0.25) is 0 Å². The van der Waals surface area contributed by atoms with Gasteiger partial charge in [-0.3, -0.25) is 0 Å². The molecule has 0 bridgehead atoms. The van der Waals surface area contributed by atoms with Crippen molar-refractivity contribution >= 4 is 0 Å². The monoisotopic (exact) mass is 221 g/mol. The number of rotatable bonds is 7. The quantitative estimate of drug-likeness (QED) is 0.768. The van der Waals surface area contributed by atoms with Gasteiger partial charge in [0.25, 0.3) is 0 Å². The fourth-order valence-electron chi connectivity index (χ4n) is 1.77. The Bertz CT molecular complexity index is 299. The maximum Gasteiger partial charge on any atom is 0.119 e. The molecule has 16 heavy (non-hydrogen) atoms. The molecule has 1 aromatic carbocycles. The summed E-state index contributed by atoms with van der Waals surface area (Å²) in [6, 6.07) is 8.23. The van der Waals surface area contributed by atoms with Gasteiger partial charge < -0.3 is 10.5 Å². The molecule has 2 N–H and O–H groups in total. The summed E-state index contributed by atoms with van der Waals surface area (Å²) in [5.74, 6) is 1.59. The highest BCUT2D eigenvalue weighted by molar-refractivity contribution is 5.28. The van der Waals surface area contributed by atoms with E-state index in [1.165, 1.54) is 18.4 Å². The molecule has 2 nitrogen and oxygen atoms in total. The predicted molar refractivity (Wildman–Crippen MR) is 68.8 cm³/mol. The van der Waals surface area contributed by atoms with E-state index in [1.807, 2.05) is 12.1 Å². The Kier molecular flexibility index (Phi) is 5.94. The molecule has 0 aliphatic heterocycles. The highest BCUT2D eigenvalue weighted by Crippen LogP contribution is 2.15. The van der Waals surface area contributed by atoms with Crippen LogP contribution in [-0.2, 0) is 6.42 Å². The molecule has 0 heterocycles. The molecule has 0 saturated carbocycles. The van der Waals surface area contributed by atoms with Crippen LogP contribution in [0.3, 0.4) is 0 Å². The number of benzene rings is 1. The molecule has 0 fully saturated rings. The fraction of sp³-hybridized carbons (Fsp3) is 0.571. The van der Waals surface area contributed by atoms with E-state index in [2.05, 4.69) is 26.0 Å². The number of hydrogen-bond acceptors (Lipinski definition) is 2. The first-order valence-corrected chi connectivity index (χ1v) is 6.18. The average molecular weight is 221 g/mol. The van der Waals surface area contributed by atoms with E-state index in [0.29, 0.717) is 12.5 Å². The van der Waals surface area contributed by atoms with E-state index < -0.39 is 0 Å². The Balaban J connectivity index is 2.44. The van der Waals surface area contributed by atoms with Crippen molar-refractivity contribution in [2.45, 2.75) is 33.1 Å². The number of nitrogens with two attached hydrogens (primary N) is 1. The summed E-state index contributed by atoms with van der Waals surface area (Å²) < 4.78 is 5.77. The molecule has 1 unspecified atom stereocenters. The molecule has 0 aliphatic carbocycles. The van der Waals surface area contributed by atoms with Gasteiger partial charge in [0.05, 0.1) is 6.61 Å². The third-order valence-electron chi connectivity index (χ3n) is 2.65. The van der Waals surface area contributed by atoms with Crippen molar-refractivity contribution < 1.29 is 4.74 Å². The van der Waals surface area contributed by atoms with E-state index in [0.717, 1.165) is 18.8 Å². The lowest BCUT2D eigenvalue weighted by Gasteiger charge is -2.12. The third-order valence-corrected chi connectivity index (χ3v) is 2.65. The molecule has 0 amide bonds. The third kappa shape index (κ3) is 4.67. The van der Waals surface area contributed by atoms with E-state index in [1.54, 1.807) is 0 Å². The Hall–Kier alpha value is -1.02. The number of hydrogen-bond donors (Lipinski definition) is 1. The van der Waals surface area contributed by atoms with Crippen LogP contribution in [-0.4, -0.2) is 13.2 Å². The van der Waals surface area contributed by atoms with Crippen molar-refractivity contribution in [1.82, 2.24) is 0 Å². The molecular weight excluding hydrogens is 198 g/mol. The summed E-state index contributed by atoms with van der Waals surface area (Å²) in [7, 11) is 0. The molecule has 2 heteroatoms. The van der Waals surface area contributed by atoms with Crippen molar-refractivity contribution in [3.63, 3.8) is 0 Å². The molecular formula is C14H23NO. The maximum atomic E-state index is 5.77. The van der Waals surface area contributed by atoms with Gasteiger partial charge >= 0.3 is 0 Å². The topological polar surface area (TPSA) is 35.2 Å². The van der Waals surface area contributed by atoms with Crippen LogP contribution in [0.5, 0.6) is 5.75 Å². The van der Waals surface area contributed by atoms with Gasteiger partial charge in [-0.25, -0.2) is 0 Å². The fourth-order valence-corrected chi connectivity index (χ4v) is 1.77. The first kappa shape index (κ1) is 13.0. The lowest BCUT2D eigenvalue weighted by atomic mass is 10.1. The summed E-state index contributed by atoms with van der Waals surface area (Å²) in [6.07, 6.45) is 3.36. The molecule has 0 aliphatic rings. The van der Waals surface area contributed by atoms with Crippen LogP contribution < -0.4 is 10.5 Å². The standard InChI is InChI=1S/C14H23NO/c1-3-5-12(2)11-16-14-7-4-6-13(10-14)8-9-15/h4,6-7,10,12H,3,5,8-9,11,15H2,1-2H3. The van der Waals surface area contributed by atoms with Crippen LogP contribution >= 0.6 is 0 Å². The molecule has 0 radical (unpaired) electrons. The number of ether oxygens (including phenoxy) is 1. The summed E-state index contributed by atoms with van der Waals surface area (Å²) in [5.41, 5.74) is 6.78. The highest BCUT2D eigenvalue weighted by Gasteiger charge is 2.02. The van der Waals surface area contributed by atoms with Gasteiger partial charge in [0.1, 0.15) is 5.75 Å². The van der Waals surface area contributed by atoms with Crippen molar-refractivity contribution in [2.75, 3.05) is 13.2 Å². The van der Waals surface area contributed by atoms with Crippen LogP contribution in [0.1, 0.15) is 32.3 Å². The van der Waals surface area contributed by atoms with E-state index in [4.69, 9.17) is 10.5 Å². The lowest BCUT2D eigenvalue weighted by Crippen LogP contribution is -2.08. The molecule has 1 rings (SSSR count).